The molecule has 1 fully saturated rings. The highest BCUT2D eigenvalue weighted by molar-refractivity contribution is 5.82. The molecule has 0 radical (unpaired) electrons. The van der Waals surface area contributed by atoms with Gasteiger partial charge in [0.15, 0.2) is 0 Å². The molecule has 1 aromatic carbocycles. The van der Waals surface area contributed by atoms with Gasteiger partial charge < -0.3 is 10.6 Å². The standard InChI is InChI=1S/C17H26N2O/c1-13-10-11-19(14(2)12-13)17(20)16(18)9-8-15-6-4-3-5-7-15/h3-7,13-14,16H,8-12,18H2,1-2H3/t13?,14?,16-/m0/s1. The second-order valence-electron chi connectivity index (χ2n) is 6.14. The quantitative estimate of drug-likeness (QED) is 0.917. The number of nitrogens with zero attached hydrogens (tertiary/aromatic N) is 1. The van der Waals surface area contributed by atoms with Gasteiger partial charge >= 0.3 is 0 Å². The van der Waals surface area contributed by atoms with E-state index < -0.39 is 0 Å². The third-order valence-electron chi connectivity index (χ3n) is 4.33. The lowest BCUT2D eigenvalue weighted by Gasteiger charge is -2.38. The molecule has 110 valence electrons. The van der Waals surface area contributed by atoms with Crippen LogP contribution in [0.25, 0.3) is 0 Å². The zero-order valence-corrected chi connectivity index (χ0v) is 12.6. The van der Waals surface area contributed by atoms with Crippen LogP contribution in [0, 0.1) is 5.92 Å². The van der Waals surface area contributed by atoms with E-state index in [1.165, 1.54) is 5.56 Å². The molecule has 1 aliphatic heterocycles. The van der Waals surface area contributed by atoms with E-state index in [9.17, 15) is 4.79 Å². The molecule has 20 heavy (non-hydrogen) atoms. The number of nitrogens with two attached hydrogens (primary N) is 1. The number of hydrogen-bond donors (Lipinski definition) is 1. The number of carbonyl (C=O) groups excluding carboxylic acids is 1. The van der Waals surface area contributed by atoms with Crippen LogP contribution >= 0.6 is 0 Å². The Balaban J connectivity index is 1.85. The topological polar surface area (TPSA) is 46.3 Å². The zero-order chi connectivity index (χ0) is 14.5. The molecule has 0 spiro atoms. The average molecular weight is 274 g/mol. The molecule has 0 bridgehead atoms. The lowest BCUT2D eigenvalue weighted by atomic mass is 9.92. The van der Waals surface area contributed by atoms with Crippen LogP contribution in [0.4, 0.5) is 0 Å². The first-order chi connectivity index (χ1) is 9.58. The minimum absolute atomic E-state index is 0.125. The summed E-state index contributed by atoms with van der Waals surface area (Å²) in [6.45, 7) is 5.26. The monoisotopic (exact) mass is 274 g/mol. The Bertz CT molecular complexity index is 432. The fourth-order valence-electron chi connectivity index (χ4n) is 3.04. The van der Waals surface area contributed by atoms with Crippen molar-refractivity contribution in [2.24, 2.45) is 11.7 Å². The molecular weight excluding hydrogens is 248 g/mol. The average Bonchev–Trinajstić information content (AvgIpc) is 2.45. The summed E-state index contributed by atoms with van der Waals surface area (Å²) in [5, 5.41) is 0. The van der Waals surface area contributed by atoms with E-state index in [1.807, 2.05) is 23.1 Å². The van der Waals surface area contributed by atoms with Gasteiger partial charge in [-0.25, -0.2) is 0 Å². The van der Waals surface area contributed by atoms with Crippen molar-refractivity contribution >= 4 is 5.91 Å². The molecule has 0 aliphatic carbocycles. The van der Waals surface area contributed by atoms with Crippen LogP contribution in [0.5, 0.6) is 0 Å². The minimum Gasteiger partial charge on any atom is -0.339 e. The SMILES string of the molecule is CC1CCN(C(=O)[C@@H](N)CCc2ccccc2)C(C)C1. The van der Waals surface area contributed by atoms with E-state index in [-0.39, 0.29) is 11.9 Å². The number of hydrogen-bond acceptors (Lipinski definition) is 2. The highest BCUT2D eigenvalue weighted by Crippen LogP contribution is 2.23. The molecule has 3 atom stereocenters. The van der Waals surface area contributed by atoms with Gasteiger partial charge in [-0.15, -0.1) is 0 Å². The van der Waals surface area contributed by atoms with Crippen molar-refractivity contribution in [1.82, 2.24) is 4.90 Å². The molecule has 0 aromatic heterocycles. The van der Waals surface area contributed by atoms with Crippen molar-refractivity contribution in [2.45, 2.75) is 51.6 Å². The summed E-state index contributed by atoms with van der Waals surface area (Å²) in [5.74, 6) is 0.843. The van der Waals surface area contributed by atoms with Crippen molar-refractivity contribution in [3.63, 3.8) is 0 Å². The molecule has 3 nitrogen and oxygen atoms in total. The van der Waals surface area contributed by atoms with Crippen LogP contribution in [0.2, 0.25) is 0 Å². The molecule has 1 amide bonds. The van der Waals surface area contributed by atoms with Gasteiger partial charge in [-0.1, -0.05) is 37.3 Å². The van der Waals surface area contributed by atoms with Crippen molar-refractivity contribution in [2.75, 3.05) is 6.54 Å². The molecule has 1 heterocycles. The van der Waals surface area contributed by atoms with Crippen LogP contribution in [-0.4, -0.2) is 29.4 Å². The predicted octanol–water partition coefficient (Wildman–Crippen LogP) is 2.59. The largest absolute Gasteiger partial charge is 0.339 e. The van der Waals surface area contributed by atoms with Gasteiger partial charge in [0.05, 0.1) is 6.04 Å². The van der Waals surface area contributed by atoms with E-state index in [0.29, 0.717) is 6.04 Å². The Kier molecular flexibility index (Phi) is 5.18. The van der Waals surface area contributed by atoms with Crippen molar-refractivity contribution < 1.29 is 4.79 Å². The van der Waals surface area contributed by atoms with E-state index in [2.05, 4.69) is 26.0 Å². The molecule has 3 heteroatoms. The maximum Gasteiger partial charge on any atom is 0.239 e. The van der Waals surface area contributed by atoms with Crippen molar-refractivity contribution in [3.8, 4) is 0 Å². The number of amides is 1. The number of carbonyl (C=O) groups is 1. The number of piperidine rings is 1. The van der Waals surface area contributed by atoms with E-state index in [0.717, 1.165) is 38.1 Å². The molecular formula is C17H26N2O. The molecule has 2 N–H and O–H groups in total. The number of aryl methyl sites for hydroxylation is 1. The normalized spacial score (nSPS) is 24.4. The van der Waals surface area contributed by atoms with Crippen LogP contribution < -0.4 is 5.73 Å². The van der Waals surface area contributed by atoms with Crippen molar-refractivity contribution in [3.05, 3.63) is 35.9 Å². The van der Waals surface area contributed by atoms with Gasteiger partial charge in [-0.3, -0.25) is 4.79 Å². The number of benzene rings is 1. The van der Waals surface area contributed by atoms with Crippen LogP contribution in [-0.2, 0) is 11.2 Å². The van der Waals surface area contributed by atoms with Gasteiger partial charge in [-0.2, -0.15) is 0 Å². The summed E-state index contributed by atoms with van der Waals surface area (Å²) in [7, 11) is 0. The molecule has 0 saturated carbocycles. The minimum atomic E-state index is -0.369. The number of likely N-dealkylation sites (tertiary alicyclic amines) is 1. The fraction of sp³-hybridized carbons (Fsp3) is 0.588. The summed E-state index contributed by atoms with van der Waals surface area (Å²) < 4.78 is 0. The third kappa shape index (κ3) is 3.83. The summed E-state index contributed by atoms with van der Waals surface area (Å²) in [5.41, 5.74) is 7.35. The first-order valence-electron chi connectivity index (χ1n) is 7.68. The molecule has 2 unspecified atom stereocenters. The van der Waals surface area contributed by atoms with E-state index >= 15 is 0 Å². The summed E-state index contributed by atoms with van der Waals surface area (Å²) in [6.07, 6.45) is 3.78. The summed E-state index contributed by atoms with van der Waals surface area (Å²) in [4.78, 5) is 14.4. The maximum atomic E-state index is 12.4. The van der Waals surface area contributed by atoms with Gasteiger partial charge in [-0.05, 0) is 44.1 Å². The zero-order valence-electron chi connectivity index (χ0n) is 12.6. The molecule has 1 aromatic rings. The van der Waals surface area contributed by atoms with Crippen LogP contribution in [0.15, 0.2) is 30.3 Å². The van der Waals surface area contributed by atoms with Gasteiger partial charge in [0, 0.05) is 12.6 Å². The van der Waals surface area contributed by atoms with E-state index in [4.69, 9.17) is 5.73 Å². The summed E-state index contributed by atoms with van der Waals surface area (Å²) in [6, 6.07) is 10.2. The molecule has 1 saturated heterocycles. The van der Waals surface area contributed by atoms with Crippen molar-refractivity contribution in [1.29, 1.82) is 0 Å². The second kappa shape index (κ2) is 6.89. The van der Waals surface area contributed by atoms with Crippen LogP contribution in [0.3, 0.4) is 0 Å². The predicted molar refractivity (Wildman–Crippen MR) is 82.3 cm³/mol. The van der Waals surface area contributed by atoms with E-state index in [1.54, 1.807) is 0 Å². The van der Waals surface area contributed by atoms with Gasteiger partial charge in [0.25, 0.3) is 0 Å². The lowest BCUT2D eigenvalue weighted by molar-refractivity contribution is -0.136. The smallest absolute Gasteiger partial charge is 0.239 e. The Labute approximate surface area is 122 Å². The van der Waals surface area contributed by atoms with Gasteiger partial charge in [0.2, 0.25) is 5.91 Å². The second-order valence-corrected chi connectivity index (χ2v) is 6.14. The lowest BCUT2D eigenvalue weighted by Crippen LogP contribution is -2.51. The van der Waals surface area contributed by atoms with Gasteiger partial charge in [0.1, 0.15) is 0 Å². The Morgan fingerprint density at radius 1 is 1.35 bits per heavy atom. The number of rotatable bonds is 4. The Morgan fingerprint density at radius 2 is 2.05 bits per heavy atom. The van der Waals surface area contributed by atoms with Crippen LogP contribution in [0.1, 0.15) is 38.7 Å². The highest BCUT2D eigenvalue weighted by atomic mass is 16.2. The molecule has 1 aliphatic rings. The molecule has 2 rings (SSSR count). The first kappa shape index (κ1) is 15.0. The summed E-state index contributed by atoms with van der Waals surface area (Å²) >= 11 is 0. The maximum absolute atomic E-state index is 12.4. The Morgan fingerprint density at radius 3 is 2.70 bits per heavy atom. The Hall–Kier alpha value is -1.35. The first-order valence-corrected chi connectivity index (χ1v) is 7.68. The third-order valence-corrected chi connectivity index (χ3v) is 4.33. The highest BCUT2D eigenvalue weighted by Gasteiger charge is 2.29. The fourth-order valence-corrected chi connectivity index (χ4v) is 3.04.